The summed E-state index contributed by atoms with van der Waals surface area (Å²) in [5.41, 5.74) is -4.19. The number of hydrogen-bond donors (Lipinski definition) is 1. The molecule has 2 saturated carbocycles. The molecule has 2 fully saturated rings. The number of carbonyl (C=O) groups is 1. The zero-order chi connectivity index (χ0) is 36.3. The number of aryl methyl sites for hydroxylation is 1. The number of amides is 1. The highest BCUT2D eigenvalue weighted by Crippen LogP contribution is 2.62. The number of fused-ring (bicyclic) bond motifs is 5. The van der Waals surface area contributed by atoms with Gasteiger partial charge in [-0.1, -0.05) is 13.0 Å². The van der Waals surface area contributed by atoms with Crippen molar-refractivity contribution in [1.29, 1.82) is 0 Å². The van der Waals surface area contributed by atoms with E-state index in [2.05, 4.69) is 11.7 Å². The van der Waals surface area contributed by atoms with Gasteiger partial charge in [0.1, 0.15) is 5.75 Å². The SMILES string of the molecule is CN(CCCOCCO)C(=O)COc1ccc2c(c1)CC[C@@H]1[C@@H]2CC[C@]2(C)[C@@H](OCCCOC(C(F)(F)F)(C(F)(F)F)C(F)(F)F)CC[C@@H]12. The molecule has 49 heavy (non-hydrogen) atoms. The molecule has 0 saturated heterocycles. The third-order valence-corrected chi connectivity index (χ3v) is 10.5. The largest absolute Gasteiger partial charge is 0.484 e. The normalized spacial score (nSPS) is 25.8. The summed E-state index contributed by atoms with van der Waals surface area (Å²) in [5, 5.41) is 8.75. The second kappa shape index (κ2) is 15.5. The van der Waals surface area contributed by atoms with E-state index in [1.54, 1.807) is 11.9 Å². The number of hydrogen-bond acceptors (Lipinski definition) is 6. The van der Waals surface area contributed by atoms with Gasteiger partial charge in [0.2, 0.25) is 0 Å². The van der Waals surface area contributed by atoms with Crippen LogP contribution in [0, 0.1) is 17.3 Å². The molecule has 1 N–H and O–H groups in total. The first-order valence-electron chi connectivity index (χ1n) is 16.5. The predicted octanol–water partition coefficient (Wildman–Crippen LogP) is 7.00. The molecule has 0 unspecified atom stereocenters. The van der Waals surface area contributed by atoms with E-state index in [1.807, 2.05) is 18.2 Å². The van der Waals surface area contributed by atoms with Gasteiger partial charge in [0.05, 0.1) is 25.9 Å². The van der Waals surface area contributed by atoms with Crippen molar-refractivity contribution in [2.75, 3.05) is 53.2 Å². The van der Waals surface area contributed by atoms with Crippen LogP contribution in [0.25, 0.3) is 0 Å². The van der Waals surface area contributed by atoms with Crippen LogP contribution in [0.1, 0.15) is 68.9 Å². The minimum absolute atomic E-state index is 0.0543. The fraction of sp³-hybridized carbons (Fsp3) is 0.788. The third-order valence-electron chi connectivity index (χ3n) is 10.5. The Hall–Kier alpha value is -2.30. The van der Waals surface area contributed by atoms with Crippen molar-refractivity contribution in [2.24, 2.45) is 17.3 Å². The van der Waals surface area contributed by atoms with Gasteiger partial charge >= 0.3 is 24.1 Å². The van der Waals surface area contributed by atoms with Crippen molar-refractivity contribution in [3.63, 3.8) is 0 Å². The molecule has 4 rings (SSSR count). The Balaban J connectivity index is 1.29. The molecule has 1 aromatic carbocycles. The molecule has 0 heterocycles. The number of ether oxygens (including phenoxy) is 4. The zero-order valence-electron chi connectivity index (χ0n) is 27.5. The molecule has 7 nitrogen and oxygen atoms in total. The number of carbonyl (C=O) groups excluding carboxylic acids is 1. The van der Waals surface area contributed by atoms with Crippen molar-refractivity contribution < 1.29 is 68.4 Å². The number of aliphatic hydroxyl groups is 1. The molecule has 0 aromatic heterocycles. The maximum absolute atomic E-state index is 13.1. The average Bonchev–Trinajstić information content (AvgIpc) is 3.35. The molecular formula is C33H44F9NO6. The van der Waals surface area contributed by atoms with E-state index in [9.17, 15) is 44.3 Å². The average molecular weight is 722 g/mol. The summed E-state index contributed by atoms with van der Waals surface area (Å²) in [6.45, 7) is 1.32. The third kappa shape index (κ3) is 8.27. The monoisotopic (exact) mass is 721 g/mol. The lowest BCUT2D eigenvalue weighted by Crippen LogP contribution is -2.67. The van der Waals surface area contributed by atoms with Gasteiger partial charge in [-0.05, 0) is 97.8 Å². The first-order chi connectivity index (χ1) is 22.9. The van der Waals surface area contributed by atoms with Crippen molar-refractivity contribution in [1.82, 2.24) is 4.90 Å². The maximum Gasteiger partial charge on any atom is 0.435 e. The molecular weight excluding hydrogens is 677 g/mol. The lowest BCUT2D eigenvalue weighted by molar-refractivity contribution is -0.457. The summed E-state index contributed by atoms with van der Waals surface area (Å²) in [6.07, 6.45) is -15.8. The van der Waals surface area contributed by atoms with Gasteiger partial charge in [-0.15, -0.1) is 0 Å². The number of rotatable bonds is 15. The fourth-order valence-corrected chi connectivity index (χ4v) is 8.06. The minimum Gasteiger partial charge on any atom is -0.484 e. The number of alkyl halides is 9. The summed E-state index contributed by atoms with van der Waals surface area (Å²) in [5.74, 6) is 1.30. The molecule has 0 spiro atoms. The maximum atomic E-state index is 13.1. The Bertz CT molecular complexity index is 1220. The number of likely N-dealkylation sites (N-methyl/N-ethyl adjacent to an activating group) is 1. The van der Waals surface area contributed by atoms with Crippen molar-refractivity contribution in [2.45, 2.75) is 94.4 Å². The van der Waals surface area contributed by atoms with E-state index >= 15 is 0 Å². The summed E-state index contributed by atoms with van der Waals surface area (Å²) in [7, 11) is 1.69. The molecule has 1 aromatic rings. The first-order valence-corrected chi connectivity index (χ1v) is 16.5. The smallest absolute Gasteiger partial charge is 0.435 e. The summed E-state index contributed by atoms with van der Waals surface area (Å²) in [4.78, 5) is 14.1. The second-order valence-corrected chi connectivity index (χ2v) is 13.4. The Morgan fingerprint density at radius 3 is 2.27 bits per heavy atom. The van der Waals surface area contributed by atoms with Gasteiger partial charge in [-0.25, -0.2) is 0 Å². The van der Waals surface area contributed by atoms with Gasteiger partial charge in [-0.3, -0.25) is 4.79 Å². The van der Waals surface area contributed by atoms with Gasteiger partial charge in [0.15, 0.2) is 6.61 Å². The Morgan fingerprint density at radius 2 is 1.61 bits per heavy atom. The Labute approximate surface area is 279 Å². The molecule has 280 valence electrons. The Morgan fingerprint density at radius 1 is 0.918 bits per heavy atom. The van der Waals surface area contributed by atoms with Crippen LogP contribution in [0.3, 0.4) is 0 Å². The highest BCUT2D eigenvalue weighted by Gasteiger charge is 2.85. The number of halogens is 9. The molecule has 0 radical (unpaired) electrons. The second-order valence-electron chi connectivity index (χ2n) is 13.4. The van der Waals surface area contributed by atoms with Crippen LogP contribution in [-0.4, -0.2) is 99.4 Å². The van der Waals surface area contributed by atoms with Crippen LogP contribution in [0.5, 0.6) is 5.75 Å². The number of benzene rings is 1. The summed E-state index contributed by atoms with van der Waals surface area (Å²) >= 11 is 0. The molecule has 0 aliphatic heterocycles. The highest BCUT2D eigenvalue weighted by molar-refractivity contribution is 5.77. The molecule has 3 aliphatic rings. The Kier molecular flexibility index (Phi) is 12.5. The van der Waals surface area contributed by atoms with Crippen molar-refractivity contribution in [3.05, 3.63) is 29.3 Å². The molecule has 0 bridgehead atoms. The fourth-order valence-electron chi connectivity index (χ4n) is 8.06. The molecule has 5 atom stereocenters. The van der Waals surface area contributed by atoms with Gasteiger partial charge < -0.3 is 29.0 Å². The topological polar surface area (TPSA) is 77.5 Å². The summed E-state index contributed by atoms with van der Waals surface area (Å²) in [6, 6.07) is 5.88. The molecule has 3 aliphatic carbocycles. The lowest BCUT2D eigenvalue weighted by atomic mass is 9.55. The van der Waals surface area contributed by atoms with E-state index in [4.69, 9.17) is 19.3 Å². The van der Waals surface area contributed by atoms with Crippen molar-refractivity contribution in [3.8, 4) is 5.75 Å². The summed E-state index contributed by atoms with van der Waals surface area (Å²) < 4.78 is 139. The zero-order valence-corrected chi connectivity index (χ0v) is 27.5. The van der Waals surface area contributed by atoms with Crippen LogP contribution in [-0.2, 0) is 25.4 Å². The molecule has 1 amide bonds. The highest BCUT2D eigenvalue weighted by atomic mass is 19.4. The van der Waals surface area contributed by atoms with E-state index in [-0.39, 0.29) is 55.7 Å². The van der Waals surface area contributed by atoms with Gasteiger partial charge in [0.25, 0.3) is 5.91 Å². The van der Waals surface area contributed by atoms with E-state index in [0.29, 0.717) is 37.7 Å². The van der Waals surface area contributed by atoms with E-state index in [0.717, 1.165) is 37.7 Å². The standard InChI is InChI=1S/C33H44F9NO6/c1-29-12-11-24-23-8-6-22(48-20-28(45)43(2)13-3-15-46-18-14-44)19-21(23)5-7-25(24)26(29)9-10-27(29)47-16-4-17-49-30(31(34,35)36,32(37,38)39)33(40,41)42/h6,8,19,24-27,44H,3-5,7,9-18,20H2,1-2H3/t24-,25-,26+,27+,29+/m1/s1. The molecule has 16 heteroatoms. The first kappa shape index (κ1) is 39.5. The van der Waals surface area contributed by atoms with Crippen LogP contribution >= 0.6 is 0 Å². The number of nitrogens with zero attached hydrogens (tertiary/aromatic N) is 1. The van der Waals surface area contributed by atoms with Crippen molar-refractivity contribution >= 4 is 5.91 Å². The van der Waals surface area contributed by atoms with Crippen LogP contribution in [0.4, 0.5) is 39.5 Å². The van der Waals surface area contributed by atoms with Gasteiger partial charge in [-0.2, -0.15) is 39.5 Å². The quantitative estimate of drug-likeness (QED) is 0.155. The minimum atomic E-state index is -6.75. The lowest BCUT2D eigenvalue weighted by Gasteiger charge is -2.50. The van der Waals surface area contributed by atoms with Crippen LogP contribution in [0.15, 0.2) is 18.2 Å². The van der Waals surface area contributed by atoms with Crippen LogP contribution < -0.4 is 4.74 Å². The predicted molar refractivity (Wildman–Crippen MR) is 158 cm³/mol. The van der Waals surface area contributed by atoms with E-state index in [1.165, 1.54) is 5.56 Å². The van der Waals surface area contributed by atoms with Crippen LogP contribution in [0.2, 0.25) is 0 Å². The van der Waals surface area contributed by atoms with Gasteiger partial charge in [0, 0.05) is 26.8 Å². The number of aliphatic hydroxyl groups excluding tert-OH is 1. The van der Waals surface area contributed by atoms with E-state index < -0.39 is 37.2 Å².